The van der Waals surface area contributed by atoms with Gasteiger partial charge in [-0.3, -0.25) is 9.80 Å². The molecule has 2 N–H and O–H groups in total. The SMILES string of the molecule is CCN(CC)C1CCN(C2(CN)CCCSC2)C1. The summed E-state index contributed by atoms with van der Waals surface area (Å²) in [5.41, 5.74) is 6.45. The van der Waals surface area contributed by atoms with E-state index < -0.39 is 0 Å². The Morgan fingerprint density at radius 1 is 1.39 bits per heavy atom. The lowest BCUT2D eigenvalue weighted by Gasteiger charge is -2.44. The monoisotopic (exact) mass is 271 g/mol. The fourth-order valence-electron chi connectivity index (χ4n) is 3.59. The largest absolute Gasteiger partial charge is 0.329 e. The van der Waals surface area contributed by atoms with E-state index in [0.29, 0.717) is 5.54 Å². The molecule has 2 rings (SSSR count). The third-order valence-electron chi connectivity index (χ3n) is 4.84. The number of likely N-dealkylation sites (N-methyl/N-ethyl adjacent to an activating group) is 1. The molecule has 3 nitrogen and oxygen atoms in total. The van der Waals surface area contributed by atoms with Gasteiger partial charge in [0.25, 0.3) is 0 Å². The van der Waals surface area contributed by atoms with E-state index in [2.05, 4.69) is 35.4 Å². The van der Waals surface area contributed by atoms with E-state index >= 15 is 0 Å². The van der Waals surface area contributed by atoms with Crippen molar-refractivity contribution >= 4 is 11.8 Å². The molecule has 0 saturated carbocycles. The van der Waals surface area contributed by atoms with Gasteiger partial charge in [-0.1, -0.05) is 13.8 Å². The first-order valence-electron chi connectivity index (χ1n) is 7.52. The predicted octanol–water partition coefficient (Wildman–Crippen LogP) is 1.63. The van der Waals surface area contributed by atoms with Gasteiger partial charge in [0.1, 0.15) is 0 Å². The van der Waals surface area contributed by atoms with E-state index in [9.17, 15) is 0 Å². The zero-order valence-electron chi connectivity index (χ0n) is 12.0. The van der Waals surface area contributed by atoms with Crippen molar-refractivity contribution in [3.8, 4) is 0 Å². The van der Waals surface area contributed by atoms with Crippen LogP contribution in [0.3, 0.4) is 0 Å². The van der Waals surface area contributed by atoms with Crippen LogP contribution in [0.2, 0.25) is 0 Å². The van der Waals surface area contributed by atoms with Crippen LogP contribution in [0, 0.1) is 0 Å². The molecule has 2 fully saturated rings. The molecule has 2 atom stereocenters. The average Bonchev–Trinajstić information content (AvgIpc) is 2.91. The summed E-state index contributed by atoms with van der Waals surface area (Å²) in [6.07, 6.45) is 3.98. The van der Waals surface area contributed by atoms with Crippen molar-refractivity contribution in [3.05, 3.63) is 0 Å². The van der Waals surface area contributed by atoms with Crippen molar-refractivity contribution in [2.45, 2.75) is 44.7 Å². The fourth-order valence-corrected chi connectivity index (χ4v) is 4.91. The topological polar surface area (TPSA) is 32.5 Å². The molecule has 0 bridgehead atoms. The third kappa shape index (κ3) is 2.87. The molecule has 0 aromatic heterocycles. The summed E-state index contributed by atoms with van der Waals surface area (Å²) >= 11 is 2.10. The molecule has 0 spiro atoms. The lowest BCUT2D eigenvalue weighted by molar-refractivity contribution is 0.116. The molecule has 2 unspecified atom stereocenters. The number of likely N-dealkylation sites (tertiary alicyclic amines) is 1. The molecule has 4 heteroatoms. The van der Waals surface area contributed by atoms with Gasteiger partial charge in [-0.2, -0.15) is 11.8 Å². The normalized spacial score (nSPS) is 34.3. The van der Waals surface area contributed by atoms with Crippen LogP contribution in [0.1, 0.15) is 33.1 Å². The molecule has 0 aromatic carbocycles. The molecule has 2 aliphatic rings. The number of nitrogens with zero attached hydrogens (tertiary/aromatic N) is 2. The van der Waals surface area contributed by atoms with E-state index in [1.807, 2.05) is 0 Å². The van der Waals surface area contributed by atoms with E-state index in [0.717, 1.165) is 12.6 Å². The Morgan fingerprint density at radius 2 is 2.17 bits per heavy atom. The zero-order valence-corrected chi connectivity index (χ0v) is 12.8. The summed E-state index contributed by atoms with van der Waals surface area (Å²) in [6.45, 7) is 10.2. The Kier molecular flexibility index (Phi) is 5.36. The summed E-state index contributed by atoms with van der Waals surface area (Å²) in [6, 6.07) is 0.760. The number of hydrogen-bond donors (Lipinski definition) is 1. The second-order valence-electron chi connectivity index (χ2n) is 5.69. The Morgan fingerprint density at radius 3 is 2.72 bits per heavy atom. The molecule has 0 aliphatic carbocycles. The lowest BCUT2D eigenvalue weighted by Crippen LogP contribution is -2.57. The number of nitrogens with two attached hydrogens (primary N) is 1. The smallest absolute Gasteiger partial charge is 0.0422 e. The van der Waals surface area contributed by atoms with Gasteiger partial charge < -0.3 is 5.73 Å². The van der Waals surface area contributed by atoms with Gasteiger partial charge in [-0.05, 0) is 38.1 Å². The van der Waals surface area contributed by atoms with Crippen molar-refractivity contribution in [2.24, 2.45) is 5.73 Å². The summed E-state index contributed by atoms with van der Waals surface area (Å²) in [5, 5.41) is 0. The van der Waals surface area contributed by atoms with Gasteiger partial charge in [-0.25, -0.2) is 0 Å². The van der Waals surface area contributed by atoms with Gasteiger partial charge >= 0.3 is 0 Å². The second kappa shape index (κ2) is 6.60. The van der Waals surface area contributed by atoms with Crippen molar-refractivity contribution in [1.82, 2.24) is 9.80 Å². The summed E-state index contributed by atoms with van der Waals surface area (Å²) in [5.74, 6) is 2.57. The van der Waals surface area contributed by atoms with E-state index in [-0.39, 0.29) is 0 Å². The molecule has 18 heavy (non-hydrogen) atoms. The minimum Gasteiger partial charge on any atom is -0.329 e. The molecular weight excluding hydrogens is 242 g/mol. The van der Waals surface area contributed by atoms with Gasteiger partial charge in [0.15, 0.2) is 0 Å². The molecular formula is C14H29N3S. The maximum absolute atomic E-state index is 6.14. The van der Waals surface area contributed by atoms with Gasteiger partial charge in [0.05, 0.1) is 0 Å². The van der Waals surface area contributed by atoms with Crippen LogP contribution in [0.5, 0.6) is 0 Å². The molecule has 2 heterocycles. The van der Waals surface area contributed by atoms with Crippen molar-refractivity contribution in [1.29, 1.82) is 0 Å². The summed E-state index contributed by atoms with van der Waals surface area (Å²) in [4.78, 5) is 5.32. The Hall–Kier alpha value is 0.230. The molecule has 2 saturated heterocycles. The first-order valence-corrected chi connectivity index (χ1v) is 8.68. The molecule has 106 valence electrons. The average molecular weight is 271 g/mol. The first kappa shape index (κ1) is 14.6. The van der Waals surface area contributed by atoms with Gasteiger partial charge in [0.2, 0.25) is 0 Å². The Balaban J connectivity index is 1.97. The molecule has 0 aromatic rings. The lowest BCUT2D eigenvalue weighted by atomic mass is 9.93. The Labute approximate surface area is 116 Å². The maximum atomic E-state index is 6.14. The number of rotatable bonds is 5. The van der Waals surface area contributed by atoms with Crippen LogP contribution in [-0.4, -0.2) is 65.6 Å². The van der Waals surface area contributed by atoms with Crippen molar-refractivity contribution < 1.29 is 0 Å². The standard InChI is InChI=1S/C14H29N3S/c1-3-16(4-2)13-6-8-17(10-13)14(11-15)7-5-9-18-12-14/h13H,3-12,15H2,1-2H3. The minimum absolute atomic E-state index is 0.310. The van der Waals surface area contributed by atoms with Crippen LogP contribution in [0.25, 0.3) is 0 Å². The summed E-state index contributed by atoms with van der Waals surface area (Å²) in [7, 11) is 0. The highest BCUT2D eigenvalue weighted by Crippen LogP contribution is 2.34. The molecule has 0 radical (unpaired) electrons. The summed E-state index contributed by atoms with van der Waals surface area (Å²) < 4.78 is 0. The van der Waals surface area contributed by atoms with E-state index in [1.165, 1.54) is 56.9 Å². The zero-order chi connectivity index (χ0) is 13.0. The van der Waals surface area contributed by atoms with Gasteiger partial charge in [0, 0.05) is 37.0 Å². The second-order valence-corrected chi connectivity index (χ2v) is 6.80. The highest BCUT2D eigenvalue weighted by Gasteiger charge is 2.41. The molecule has 0 amide bonds. The number of thioether (sulfide) groups is 1. The quantitative estimate of drug-likeness (QED) is 0.824. The minimum atomic E-state index is 0.310. The van der Waals surface area contributed by atoms with E-state index in [4.69, 9.17) is 5.73 Å². The van der Waals surface area contributed by atoms with Crippen LogP contribution in [0.4, 0.5) is 0 Å². The number of hydrogen-bond acceptors (Lipinski definition) is 4. The van der Waals surface area contributed by atoms with Crippen LogP contribution >= 0.6 is 11.8 Å². The van der Waals surface area contributed by atoms with Gasteiger partial charge in [-0.15, -0.1) is 0 Å². The Bertz CT molecular complexity index is 249. The molecule has 2 aliphatic heterocycles. The predicted molar refractivity (Wildman–Crippen MR) is 81.2 cm³/mol. The first-order chi connectivity index (χ1) is 8.75. The third-order valence-corrected chi connectivity index (χ3v) is 6.16. The van der Waals surface area contributed by atoms with Crippen molar-refractivity contribution in [2.75, 3.05) is 44.2 Å². The fraction of sp³-hybridized carbons (Fsp3) is 1.00. The highest BCUT2D eigenvalue weighted by molar-refractivity contribution is 7.99. The van der Waals surface area contributed by atoms with Crippen LogP contribution < -0.4 is 5.73 Å². The van der Waals surface area contributed by atoms with E-state index in [1.54, 1.807) is 0 Å². The van der Waals surface area contributed by atoms with Crippen LogP contribution in [-0.2, 0) is 0 Å². The van der Waals surface area contributed by atoms with Crippen molar-refractivity contribution in [3.63, 3.8) is 0 Å². The van der Waals surface area contributed by atoms with Crippen LogP contribution in [0.15, 0.2) is 0 Å². The maximum Gasteiger partial charge on any atom is 0.0422 e. The highest BCUT2D eigenvalue weighted by atomic mass is 32.2.